The number of rotatable bonds is 5. The van der Waals surface area contributed by atoms with Crippen LogP contribution in [0.4, 0.5) is 0 Å². The minimum Gasteiger partial charge on any atom is -0.368 e. The maximum Gasteiger partial charge on any atom is 0.234 e. The van der Waals surface area contributed by atoms with Gasteiger partial charge in [-0.05, 0) is 25.8 Å². The topological polar surface area (TPSA) is 72.3 Å². The second-order valence-corrected chi connectivity index (χ2v) is 3.58. The fourth-order valence-electron chi connectivity index (χ4n) is 1.95. The summed E-state index contributed by atoms with van der Waals surface area (Å²) in [6, 6.07) is 0.410. The van der Waals surface area contributed by atoms with Crippen molar-refractivity contribution in [2.75, 3.05) is 13.1 Å². The largest absolute Gasteiger partial charge is 0.368 e. The zero-order chi connectivity index (χ0) is 9.84. The minimum absolute atomic E-state index is 0.0310. The van der Waals surface area contributed by atoms with Gasteiger partial charge in [-0.1, -0.05) is 6.92 Å². The van der Waals surface area contributed by atoms with Crippen LogP contribution in [-0.4, -0.2) is 36.0 Å². The smallest absolute Gasteiger partial charge is 0.234 e. The number of amides is 1. The van der Waals surface area contributed by atoms with Crippen molar-refractivity contribution < 1.29 is 4.79 Å². The van der Waals surface area contributed by atoms with Gasteiger partial charge in [-0.15, -0.1) is 0 Å². The summed E-state index contributed by atoms with van der Waals surface area (Å²) in [7, 11) is 0. The lowest BCUT2D eigenvalue weighted by atomic mass is 9.96. The summed E-state index contributed by atoms with van der Waals surface area (Å²) in [5, 5.41) is 0. The Morgan fingerprint density at radius 2 is 2.38 bits per heavy atom. The first-order chi connectivity index (χ1) is 6.20. The molecule has 0 aromatic heterocycles. The molecule has 4 heteroatoms. The van der Waals surface area contributed by atoms with E-state index in [1.165, 1.54) is 0 Å². The summed E-state index contributed by atoms with van der Waals surface area (Å²) in [6.45, 7) is 3.79. The SMILES string of the molecule is CCC(CCN)N1CCC1C(N)=O. The molecule has 1 aliphatic rings. The molecule has 2 atom stereocenters. The number of likely N-dealkylation sites (tertiary alicyclic amines) is 1. The Bertz CT molecular complexity index is 184. The highest BCUT2D eigenvalue weighted by Gasteiger charge is 2.36. The van der Waals surface area contributed by atoms with E-state index in [1.54, 1.807) is 0 Å². The zero-order valence-electron chi connectivity index (χ0n) is 8.20. The first-order valence-electron chi connectivity index (χ1n) is 4.95. The zero-order valence-corrected chi connectivity index (χ0v) is 8.20. The van der Waals surface area contributed by atoms with E-state index >= 15 is 0 Å². The Balaban J connectivity index is 2.45. The average Bonchev–Trinajstić information content (AvgIpc) is 2.00. The highest BCUT2D eigenvalue weighted by molar-refractivity contribution is 5.80. The van der Waals surface area contributed by atoms with E-state index in [4.69, 9.17) is 11.5 Å². The summed E-state index contributed by atoms with van der Waals surface area (Å²) < 4.78 is 0. The third kappa shape index (κ3) is 2.19. The van der Waals surface area contributed by atoms with E-state index in [1.807, 2.05) is 0 Å². The molecule has 4 nitrogen and oxygen atoms in total. The van der Waals surface area contributed by atoms with Gasteiger partial charge in [0.05, 0.1) is 6.04 Å². The summed E-state index contributed by atoms with van der Waals surface area (Å²) in [5.41, 5.74) is 10.8. The molecular formula is C9H19N3O. The molecule has 1 saturated heterocycles. The van der Waals surface area contributed by atoms with Crippen LogP contribution in [0, 0.1) is 0 Å². The molecule has 0 aliphatic carbocycles. The first-order valence-corrected chi connectivity index (χ1v) is 4.95. The van der Waals surface area contributed by atoms with Gasteiger partial charge in [0.25, 0.3) is 0 Å². The Morgan fingerprint density at radius 3 is 2.69 bits per heavy atom. The van der Waals surface area contributed by atoms with Crippen molar-refractivity contribution in [1.29, 1.82) is 0 Å². The second-order valence-electron chi connectivity index (χ2n) is 3.58. The Labute approximate surface area is 79.3 Å². The molecular weight excluding hydrogens is 166 g/mol. The van der Waals surface area contributed by atoms with Gasteiger partial charge in [0.15, 0.2) is 0 Å². The van der Waals surface area contributed by atoms with Crippen molar-refractivity contribution in [3.63, 3.8) is 0 Å². The predicted octanol–water partition coefficient (Wildman–Crippen LogP) is -0.327. The Hall–Kier alpha value is -0.610. The lowest BCUT2D eigenvalue weighted by Crippen LogP contribution is -2.59. The summed E-state index contributed by atoms with van der Waals surface area (Å²) >= 11 is 0. The molecule has 2 unspecified atom stereocenters. The standard InChI is InChI=1S/C9H19N3O/c1-2-7(3-5-10)12-6-4-8(12)9(11)13/h7-8H,2-6,10H2,1H3,(H2,11,13). The van der Waals surface area contributed by atoms with Gasteiger partial charge in [0, 0.05) is 12.6 Å². The molecule has 13 heavy (non-hydrogen) atoms. The van der Waals surface area contributed by atoms with Crippen LogP contribution in [0.5, 0.6) is 0 Å². The third-order valence-corrected chi connectivity index (χ3v) is 2.83. The molecule has 1 aliphatic heterocycles. The van der Waals surface area contributed by atoms with Crippen LogP contribution >= 0.6 is 0 Å². The van der Waals surface area contributed by atoms with Crippen molar-refractivity contribution in [3.05, 3.63) is 0 Å². The molecule has 4 N–H and O–H groups in total. The number of carbonyl (C=O) groups is 1. The normalized spacial score (nSPS) is 25.2. The molecule has 1 fully saturated rings. The van der Waals surface area contributed by atoms with Gasteiger partial charge in [-0.25, -0.2) is 0 Å². The van der Waals surface area contributed by atoms with Crippen LogP contribution in [-0.2, 0) is 4.79 Å². The summed E-state index contributed by atoms with van der Waals surface area (Å²) in [6.07, 6.45) is 2.91. The predicted molar refractivity (Wildman–Crippen MR) is 52.1 cm³/mol. The molecule has 0 bridgehead atoms. The Kier molecular flexibility index (Phi) is 3.69. The van der Waals surface area contributed by atoms with Crippen LogP contribution in [0.1, 0.15) is 26.2 Å². The maximum absolute atomic E-state index is 11.0. The number of hydrogen-bond donors (Lipinski definition) is 2. The van der Waals surface area contributed by atoms with E-state index in [-0.39, 0.29) is 11.9 Å². The molecule has 1 rings (SSSR count). The van der Waals surface area contributed by atoms with Gasteiger partial charge < -0.3 is 11.5 Å². The molecule has 0 spiro atoms. The van der Waals surface area contributed by atoms with Crippen molar-refractivity contribution in [2.45, 2.75) is 38.3 Å². The second kappa shape index (κ2) is 4.58. The molecule has 0 aromatic rings. The number of nitrogens with two attached hydrogens (primary N) is 2. The summed E-state index contributed by atoms with van der Waals surface area (Å²) in [5.74, 6) is -0.193. The van der Waals surface area contributed by atoms with E-state index in [0.29, 0.717) is 12.6 Å². The van der Waals surface area contributed by atoms with Gasteiger partial charge >= 0.3 is 0 Å². The third-order valence-electron chi connectivity index (χ3n) is 2.83. The maximum atomic E-state index is 11.0. The highest BCUT2D eigenvalue weighted by Crippen LogP contribution is 2.23. The van der Waals surface area contributed by atoms with Crippen LogP contribution in [0.3, 0.4) is 0 Å². The van der Waals surface area contributed by atoms with E-state index < -0.39 is 0 Å². The van der Waals surface area contributed by atoms with Crippen molar-refractivity contribution >= 4 is 5.91 Å². The average molecular weight is 185 g/mol. The van der Waals surface area contributed by atoms with E-state index in [0.717, 1.165) is 25.8 Å². The summed E-state index contributed by atoms with van der Waals surface area (Å²) in [4.78, 5) is 13.1. The molecule has 1 heterocycles. The van der Waals surface area contributed by atoms with Crippen molar-refractivity contribution in [1.82, 2.24) is 4.90 Å². The molecule has 0 aromatic carbocycles. The molecule has 0 radical (unpaired) electrons. The molecule has 0 saturated carbocycles. The fourth-order valence-corrected chi connectivity index (χ4v) is 1.95. The quantitative estimate of drug-likeness (QED) is 0.616. The number of carbonyl (C=O) groups excluding carboxylic acids is 1. The molecule has 1 amide bonds. The first kappa shape index (κ1) is 10.5. The lowest BCUT2D eigenvalue weighted by molar-refractivity contribution is -0.129. The van der Waals surface area contributed by atoms with Crippen molar-refractivity contribution in [2.24, 2.45) is 11.5 Å². The van der Waals surface area contributed by atoms with Gasteiger partial charge in [-0.2, -0.15) is 0 Å². The number of hydrogen-bond acceptors (Lipinski definition) is 3. The van der Waals surface area contributed by atoms with E-state index in [9.17, 15) is 4.79 Å². The van der Waals surface area contributed by atoms with Crippen molar-refractivity contribution in [3.8, 4) is 0 Å². The minimum atomic E-state index is -0.193. The number of primary amides is 1. The van der Waals surface area contributed by atoms with Gasteiger partial charge in [-0.3, -0.25) is 9.69 Å². The monoisotopic (exact) mass is 185 g/mol. The highest BCUT2D eigenvalue weighted by atomic mass is 16.1. The van der Waals surface area contributed by atoms with Crippen LogP contribution in [0.25, 0.3) is 0 Å². The van der Waals surface area contributed by atoms with E-state index in [2.05, 4.69) is 11.8 Å². The van der Waals surface area contributed by atoms with Crippen LogP contribution in [0.15, 0.2) is 0 Å². The number of nitrogens with zero attached hydrogens (tertiary/aromatic N) is 1. The lowest BCUT2D eigenvalue weighted by Gasteiger charge is -2.44. The van der Waals surface area contributed by atoms with Gasteiger partial charge in [0.2, 0.25) is 5.91 Å². The fraction of sp³-hybridized carbons (Fsp3) is 0.889. The van der Waals surface area contributed by atoms with Crippen LogP contribution in [0.2, 0.25) is 0 Å². The van der Waals surface area contributed by atoms with Gasteiger partial charge in [0.1, 0.15) is 0 Å². The molecule has 76 valence electrons. The Morgan fingerprint density at radius 1 is 1.69 bits per heavy atom. The van der Waals surface area contributed by atoms with Crippen LogP contribution < -0.4 is 11.5 Å².